The molecule has 1 saturated carbocycles. The zero-order valence-electron chi connectivity index (χ0n) is 9.82. The Morgan fingerprint density at radius 2 is 2.00 bits per heavy atom. The van der Waals surface area contributed by atoms with E-state index in [2.05, 4.69) is 15.3 Å². The summed E-state index contributed by atoms with van der Waals surface area (Å²) in [6.45, 7) is 3.42. The van der Waals surface area contributed by atoms with Gasteiger partial charge in [0.25, 0.3) is 0 Å². The first-order valence-electron chi connectivity index (χ1n) is 6.32. The van der Waals surface area contributed by atoms with Crippen LogP contribution >= 0.6 is 0 Å². The normalized spacial score (nSPS) is 21.4. The summed E-state index contributed by atoms with van der Waals surface area (Å²) in [5.41, 5.74) is 0.625. The van der Waals surface area contributed by atoms with E-state index in [0.29, 0.717) is 17.4 Å². The highest BCUT2D eigenvalue weighted by atomic mass is 19.1. The van der Waals surface area contributed by atoms with Crippen LogP contribution in [-0.2, 0) is 0 Å². The van der Waals surface area contributed by atoms with E-state index in [4.69, 9.17) is 0 Å². The molecule has 2 heterocycles. The number of nitrogens with one attached hydrogen (secondary N) is 1. The van der Waals surface area contributed by atoms with Crippen LogP contribution in [0.3, 0.4) is 0 Å². The van der Waals surface area contributed by atoms with Crippen molar-refractivity contribution < 1.29 is 4.39 Å². The highest BCUT2D eigenvalue weighted by molar-refractivity contribution is 5.42. The van der Waals surface area contributed by atoms with Crippen molar-refractivity contribution in [1.82, 2.24) is 15.3 Å². The number of rotatable bonds is 2. The third-order valence-electron chi connectivity index (χ3n) is 3.71. The van der Waals surface area contributed by atoms with E-state index in [1.54, 1.807) is 0 Å². The van der Waals surface area contributed by atoms with Gasteiger partial charge in [-0.15, -0.1) is 0 Å². The Hall–Kier alpha value is -1.23. The Kier molecular flexibility index (Phi) is 2.93. The van der Waals surface area contributed by atoms with Gasteiger partial charge in [0.05, 0.1) is 5.69 Å². The minimum atomic E-state index is -0.195. The van der Waals surface area contributed by atoms with Crippen molar-refractivity contribution in [3.63, 3.8) is 0 Å². The van der Waals surface area contributed by atoms with Crippen molar-refractivity contribution in [1.29, 1.82) is 0 Å². The van der Waals surface area contributed by atoms with E-state index in [9.17, 15) is 4.39 Å². The van der Waals surface area contributed by atoms with E-state index in [1.807, 2.05) is 4.90 Å². The van der Waals surface area contributed by atoms with Crippen LogP contribution in [0.2, 0.25) is 0 Å². The lowest BCUT2D eigenvalue weighted by Gasteiger charge is -2.30. The van der Waals surface area contributed by atoms with Gasteiger partial charge in [-0.05, 0) is 12.8 Å². The molecule has 1 N–H and O–H groups in total. The van der Waals surface area contributed by atoms with Gasteiger partial charge >= 0.3 is 0 Å². The summed E-state index contributed by atoms with van der Waals surface area (Å²) in [6.07, 6.45) is 4.83. The number of piperazine rings is 1. The zero-order chi connectivity index (χ0) is 11.7. The van der Waals surface area contributed by atoms with E-state index >= 15 is 0 Å². The molecule has 4 nitrogen and oxygen atoms in total. The second-order valence-corrected chi connectivity index (χ2v) is 4.76. The first kappa shape index (κ1) is 10.9. The van der Waals surface area contributed by atoms with E-state index in [-0.39, 0.29) is 5.82 Å². The number of hydrogen-bond acceptors (Lipinski definition) is 4. The van der Waals surface area contributed by atoms with Gasteiger partial charge in [-0.1, -0.05) is 6.42 Å². The molecule has 1 aliphatic heterocycles. The Bertz CT molecular complexity index is 399. The van der Waals surface area contributed by atoms with Gasteiger partial charge in [-0.2, -0.15) is 0 Å². The smallest absolute Gasteiger partial charge is 0.187 e. The maximum Gasteiger partial charge on any atom is 0.187 e. The Balaban J connectivity index is 1.87. The lowest BCUT2D eigenvalue weighted by atomic mass is 9.82. The van der Waals surface area contributed by atoms with Crippen molar-refractivity contribution in [2.45, 2.75) is 25.2 Å². The van der Waals surface area contributed by atoms with Crippen molar-refractivity contribution in [2.24, 2.45) is 0 Å². The summed E-state index contributed by atoms with van der Waals surface area (Å²) in [5, 5.41) is 3.26. The van der Waals surface area contributed by atoms with Gasteiger partial charge < -0.3 is 10.2 Å². The average molecular weight is 236 g/mol. The topological polar surface area (TPSA) is 41.1 Å². The molecule has 0 spiro atoms. The molecular weight excluding hydrogens is 219 g/mol. The lowest BCUT2D eigenvalue weighted by Crippen LogP contribution is -2.44. The molecule has 0 bridgehead atoms. The Labute approximate surface area is 100 Å². The summed E-state index contributed by atoms with van der Waals surface area (Å²) >= 11 is 0. The largest absolute Gasteiger partial charge is 0.352 e. The highest BCUT2D eigenvalue weighted by Gasteiger charge is 2.27. The molecular formula is C12H17FN4. The fourth-order valence-corrected chi connectivity index (χ4v) is 2.44. The average Bonchev–Trinajstić information content (AvgIpc) is 2.31. The molecule has 1 aromatic heterocycles. The van der Waals surface area contributed by atoms with Crippen LogP contribution in [0.1, 0.15) is 30.9 Å². The summed E-state index contributed by atoms with van der Waals surface area (Å²) < 4.78 is 14.3. The number of halogens is 1. The molecule has 0 unspecified atom stereocenters. The standard InChI is InChI=1S/C12H17FN4/c13-10-11(9-2-1-3-9)15-8-16-12(10)17-6-4-14-5-7-17/h8-9,14H,1-7H2. The van der Waals surface area contributed by atoms with Crippen molar-refractivity contribution in [3.8, 4) is 0 Å². The molecule has 2 fully saturated rings. The minimum absolute atomic E-state index is 0.195. The van der Waals surface area contributed by atoms with Gasteiger partial charge in [0.15, 0.2) is 11.6 Å². The van der Waals surface area contributed by atoms with Gasteiger partial charge in [0.1, 0.15) is 6.33 Å². The quantitative estimate of drug-likeness (QED) is 0.840. The second-order valence-electron chi connectivity index (χ2n) is 4.76. The maximum absolute atomic E-state index is 14.3. The SMILES string of the molecule is Fc1c(C2CCC2)ncnc1N1CCNCC1. The van der Waals surface area contributed by atoms with Crippen LogP contribution in [0.4, 0.5) is 10.2 Å². The first-order valence-corrected chi connectivity index (χ1v) is 6.32. The molecule has 2 aliphatic rings. The number of nitrogens with zero attached hydrogens (tertiary/aromatic N) is 3. The van der Waals surface area contributed by atoms with Crippen LogP contribution in [0.15, 0.2) is 6.33 Å². The summed E-state index contributed by atoms with van der Waals surface area (Å²) in [5.74, 6) is 0.613. The number of anilines is 1. The molecule has 92 valence electrons. The Morgan fingerprint density at radius 1 is 1.24 bits per heavy atom. The molecule has 1 saturated heterocycles. The fraction of sp³-hybridized carbons (Fsp3) is 0.667. The predicted molar refractivity (Wildman–Crippen MR) is 63.7 cm³/mol. The third kappa shape index (κ3) is 1.99. The molecule has 5 heteroatoms. The van der Waals surface area contributed by atoms with Crippen LogP contribution in [0, 0.1) is 5.82 Å². The molecule has 3 rings (SSSR count). The third-order valence-corrected chi connectivity index (χ3v) is 3.71. The van der Waals surface area contributed by atoms with Crippen LogP contribution in [0.5, 0.6) is 0 Å². The van der Waals surface area contributed by atoms with Crippen LogP contribution in [-0.4, -0.2) is 36.1 Å². The molecule has 1 aliphatic carbocycles. The molecule has 0 radical (unpaired) electrons. The summed E-state index contributed by atoms with van der Waals surface area (Å²) in [4.78, 5) is 10.3. The number of hydrogen-bond donors (Lipinski definition) is 1. The van der Waals surface area contributed by atoms with E-state index < -0.39 is 0 Å². The lowest BCUT2D eigenvalue weighted by molar-refractivity contribution is 0.392. The van der Waals surface area contributed by atoms with Gasteiger partial charge in [0, 0.05) is 32.1 Å². The monoisotopic (exact) mass is 236 g/mol. The zero-order valence-corrected chi connectivity index (χ0v) is 9.82. The Morgan fingerprint density at radius 3 is 2.65 bits per heavy atom. The number of aromatic nitrogens is 2. The summed E-state index contributed by atoms with van der Waals surface area (Å²) in [7, 11) is 0. The molecule has 0 amide bonds. The second kappa shape index (κ2) is 4.56. The maximum atomic E-state index is 14.3. The van der Waals surface area contributed by atoms with Crippen molar-refractivity contribution >= 4 is 5.82 Å². The first-order chi connectivity index (χ1) is 8.36. The van der Waals surface area contributed by atoms with E-state index in [0.717, 1.165) is 39.0 Å². The van der Waals surface area contributed by atoms with Gasteiger partial charge in [-0.3, -0.25) is 0 Å². The molecule has 0 atom stereocenters. The molecule has 0 aromatic carbocycles. The molecule has 17 heavy (non-hydrogen) atoms. The van der Waals surface area contributed by atoms with Crippen LogP contribution in [0.25, 0.3) is 0 Å². The summed E-state index contributed by atoms with van der Waals surface area (Å²) in [6, 6.07) is 0. The molecule has 1 aromatic rings. The van der Waals surface area contributed by atoms with E-state index in [1.165, 1.54) is 12.7 Å². The van der Waals surface area contributed by atoms with Gasteiger partial charge in [-0.25, -0.2) is 14.4 Å². The predicted octanol–water partition coefficient (Wildman–Crippen LogP) is 1.29. The van der Waals surface area contributed by atoms with Crippen LogP contribution < -0.4 is 10.2 Å². The minimum Gasteiger partial charge on any atom is -0.352 e. The highest BCUT2D eigenvalue weighted by Crippen LogP contribution is 2.37. The van der Waals surface area contributed by atoms with Gasteiger partial charge in [0.2, 0.25) is 0 Å². The van der Waals surface area contributed by atoms with Crippen molar-refractivity contribution in [3.05, 3.63) is 17.8 Å². The fourth-order valence-electron chi connectivity index (χ4n) is 2.44. The van der Waals surface area contributed by atoms with Crippen molar-refractivity contribution in [2.75, 3.05) is 31.1 Å².